The van der Waals surface area contributed by atoms with Crippen molar-refractivity contribution in [2.45, 2.75) is 4.90 Å². The topological polar surface area (TPSA) is 12.0 Å². The molecule has 0 fully saturated rings. The number of rotatable bonds is 3. The molecular formula is C7H9NS2. The largest absolute Gasteiger partial charge is 0.250 e. The highest BCUT2D eigenvalue weighted by molar-refractivity contribution is 7.98. The molecule has 0 amide bonds. The first kappa shape index (κ1) is 7.98. The maximum Gasteiger partial charge on any atom is 0.0489 e. The minimum atomic E-state index is 0.694. The normalized spacial score (nSPS) is 9.70. The standard InChI is InChI=1S/C7H9NS2/c9-6-8-10-7-4-2-1-3-5-7/h1-5,8-9H,6H2. The minimum Gasteiger partial charge on any atom is -0.250 e. The Morgan fingerprint density at radius 1 is 1.30 bits per heavy atom. The number of thiol groups is 1. The smallest absolute Gasteiger partial charge is 0.0489 e. The van der Waals surface area contributed by atoms with Crippen LogP contribution in [0.15, 0.2) is 35.2 Å². The summed E-state index contributed by atoms with van der Waals surface area (Å²) in [4.78, 5) is 1.22. The van der Waals surface area contributed by atoms with Gasteiger partial charge in [-0.3, -0.25) is 4.72 Å². The Labute approximate surface area is 70.8 Å². The van der Waals surface area contributed by atoms with E-state index >= 15 is 0 Å². The van der Waals surface area contributed by atoms with Crippen molar-refractivity contribution in [2.24, 2.45) is 0 Å². The fourth-order valence-corrected chi connectivity index (χ4v) is 1.32. The third kappa shape index (κ3) is 2.64. The van der Waals surface area contributed by atoms with Crippen molar-refractivity contribution in [3.8, 4) is 0 Å². The van der Waals surface area contributed by atoms with Gasteiger partial charge in [0.25, 0.3) is 0 Å². The van der Waals surface area contributed by atoms with E-state index in [4.69, 9.17) is 0 Å². The van der Waals surface area contributed by atoms with Crippen molar-refractivity contribution in [1.82, 2.24) is 4.72 Å². The Kier molecular flexibility index (Phi) is 3.72. The summed E-state index contributed by atoms with van der Waals surface area (Å²) in [6.45, 7) is 0. The summed E-state index contributed by atoms with van der Waals surface area (Å²) in [5, 5.41) is 0. The van der Waals surface area contributed by atoms with Crippen LogP contribution in [0, 0.1) is 0 Å². The molecule has 3 heteroatoms. The van der Waals surface area contributed by atoms with Gasteiger partial charge >= 0.3 is 0 Å². The minimum absolute atomic E-state index is 0.694. The molecule has 0 aliphatic rings. The van der Waals surface area contributed by atoms with Crippen LogP contribution in [-0.2, 0) is 0 Å². The van der Waals surface area contributed by atoms with Crippen molar-refractivity contribution < 1.29 is 0 Å². The van der Waals surface area contributed by atoms with Crippen molar-refractivity contribution >= 4 is 24.6 Å². The summed E-state index contributed by atoms with van der Waals surface area (Å²) in [5.41, 5.74) is 0. The molecule has 0 atom stereocenters. The highest BCUT2D eigenvalue weighted by Crippen LogP contribution is 2.12. The van der Waals surface area contributed by atoms with Crippen molar-refractivity contribution in [1.29, 1.82) is 0 Å². The van der Waals surface area contributed by atoms with Gasteiger partial charge < -0.3 is 0 Å². The molecule has 1 aromatic carbocycles. The molecule has 1 nitrogen and oxygen atoms in total. The molecule has 0 aliphatic carbocycles. The van der Waals surface area contributed by atoms with Gasteiger partial charge in [0.1, 0.15) is 0 Å². The second-order valence-electron chi connectivity index (χ2n) is 1.72. The van der Waals surface area contributed by atoms with Crippen molar-refractivity contribution in [3.05, 3.63) is 30.3 Å². The van der Waals surface area contributed by atoms with Crippen LogP contribution in [-0.4, -0.2) is 5.88 Å². The first-order chi connectivity index (χ1) is 4.93. The van der Waals surface area contributed by atoms with E-state index in [0.717, 1.165) is 0 Å². The van der Waals surface area contributed by atoms with E-state index in [1.807, 2.05) is 18.2 Å². The maximum absolute atomic E-state index is 4.02. The van der Waals surface area contributed by atoms with Crippen LogP contribution in [0.4, 0.5) is 0 Å². The molecule has 1 N–H and O–H groups in total. The summed E-state index contributed by atoms with van der Waals surface area (Å²) >= 11 is 5.61. The lowest BCUT2D eigenvalue weighted by atomic mass is 10.4. The van der Waals surface area contributed by atoms with Gasteiger partial charge in [-0.15, -0.1) is 0 Å². The lowest BCUT2D eigenvalue weighted by Crippen LogP contribution is -1.97. The summed E-state index contributed by atoms with van der Waals surface area (Å²) in [6, 6.07) is 10.2. The highest BCUT2D eigenvalue weighted by atomic mass is 32.2. The molecule has 0 aliphatic heterocycles. The van der Waals surface area contributed by atoms with E-state index in [9.17, 15) is 0 Å². The Morgan fingerprint density at radius 3 is 2.60 bits per heavy atom. The van der Waals surface area contributed by atoms with Gasteiger partial charge in [0, 0.05) is 10.8 Å². The van der Waals surface area contributed by atoms with Gasteiger partial charge in [-0.05, 0) is 24.1 Å². The molecule has 0 unspecified atom stereocenters. The van der Waals surface area contributed by atoms with Crippen LogP contribution in [0.1, 0.15) is 0 Å². The Hall–Kier alpha value is -0.120. The molecule has 10 heavy (non-hydrogen) atoms. The van der Waals surface area contributed by atoms with Gasteiger partial charge in [0.15, 0.2) is 0 Å². The van der Waals surface area contributed by atoms with Gasteiger partial charge in [0.05, 0.1) is 0 Å². The van der Waals surface area contributed by atoms with Gasteiger partial charge in [-0.2, -0.15) is 12.6 Å². The first-order valence-corrected chi connectivity index (χ1v) is 4.44. The van der Waals surface area contributed by atoms with Crippen molar-refractivity contribution in [2.75, 3.05) is 5.88 Å². The number of benzene rings is 1. The summed E-state index contributed by atoms with van der Waals surface area (Å²) in [6.07, 6.45) is 0. The molecule has 0 radical (unpaired) electrons. The molecule has 1 rings (SSSR count). The third-order valence-electron chi connectivity index (χ3n) is 0.998. The van der Waals surface area contributed by atoms with E-state index < -0.39 is 0 Å². The SMILES string of the molecule is SCNSc1ccccc1. The molecule has 0 aromatic heterocycles. The first-order valence-electron chi connectivity index (χ1n) is 2.99. The quantitative estimate of drug-likeness (QED) is 0.411. The van der Waals surface area contributed by atoms with Gasteiger partial charge in [-0.25, -0.2) is 0 Å². The zero-order valence-electron chi connectivity index (χ0n) is 5.45. The Morgan fingerprint density at radius 2 is 2.00 bits per heavy atom. The summed E-state index contributed by atoms with van der Waals surface area (Å²) in [7, 11) is 0. The lowest BCUT2D eigenvalue weighted by molar-refractivity contribution is 1.23. The zero-order chi connectivity index (χ0) is 7.23. The molecule has 0 spiro atoms. The van der Waals surface area contributed by atoms with Crippen LogP contribution >= 0.6 is 24.6 Å². The van der Waals surface area contributed by atoms with Crippen LogP contribution in [0.25, 0.3) is 0 Å². The Balaban J connectivity index is 2.43. The average molecular weight is 171 g/mol. The van der Waals surface area contributed by atoms with Crippen LogP contribution < -0.4 is 4.72 Å². The maximum atomic E-state index is 4.02. The van der Waals surface area contributed by atoms with Gasteiger partial charge in [-0.1, -0.05) is 18.2 Å². The molecule has 54 valence electrons. The molecule has 0 saturated heterocycles. The average Bonchev–Trinajstić information content (AvgIpc) is 2.03. The fourth-order valence-electron chi connectivity index (χ4n) is 0.604. The molecule has 0 heterocycles. The summed E-state index contributed by atoms with van der Waals surface area (Å²) in [5.74, 6) is 0.694. The molecule has 1 aromatic rings. The van der Waals surface area contributed by atoms with Crippen molar-refractivity contribution in [3.63, 3.8) is 0 Å². The van der Waals surface area contributed by atoms with Crippen LogP contribution in [0.2, 0.25) is 0 Å². The highest BCUT2D eigenvalue weighted by Gasteiger charge is 1.87. The Bertz CT molecular complexity index is 176. The number of hydrogen-bond acceptors (Lipinski definition) is 3. The second kappa shape index (κ2) is 4.66. The fraction of sp³-hybridized carbons (Fsp3) is 0.143. The lowest BCUT2D eigenvalue weighted by Gasteiger charge is -1.97. The monoisotopic (exact) mass is 171 g/mol. The predicted octanol–water partition coefficient (Wildman–Crippen LogP) is 2.17. The van der Waals surface area contributed by atoms with Crippen LogP contribution in [0.5, 0.6) is 0 Å². The molecule has 0 saturated carbocycles. The van der Waals surface area contributed by atoms with Gasteiger partial charge in [0.2, 0.25) is 0 Å². The van der Waals surface area contributed by atoms with E-state index in [0.29, 0.717) is 5.88 Å². The number of hydrogen-bond donors (Lipinski definition) is 2. The molecular weight excluding hydrogens is 162 g/mol. The van der Waals surface area contributed by atoms with E-state index in [-0.39, 0.29) is 0 Å². The van der Waals surface area contributed by atoms with E-state index in [1.165, 1.54) is 4.90 Å². The third-order valence-corrected chi connectivity index (χ3v) is 2.17. The predicted molar refractivity (Wildman–Crippen MR) is 49.3 cm³/mol. The van der Waals surface area contributed by atoms with E-state index in [2.05, 4.69) is 29.5 Å². The second-order valence-corrected chi connectivity index (χ2v) is 3.00. The number of nitrogens with one attached hydrogen (secondary N) is 1. The van der Waals surface area contributed by atoms with E-state index in [1.54, 1.807) is 11.9 Å². The van der Waals surface area contributed by atoms with Crippen LogP contribution in [0.3, 0.4) is 0 Å². The summed E-state index contributed by atoms with van der Waals surface area (Å²) < 4.78 is 3.05. The molecule has 0 bridgehead atoms. The zero-order valence-corrected chi connectivity index (χ0v) is 7.16.